The number of nitrogens with two attached hydrogens (primary N) is 1. The van der Waals surface area contributed by atoms with E-state index in [0.29, 0.717) is 11.7 Å². The first kappa shape index (κ1) is 11.1. The Morgan fingerprint density at radius 2 is 2.11 bits per heavy atom. The summed E-state index contributed by atoms with van der Waals surface area (Å²) in [4.78, 5) is 7.15. The van der Waals surface area contributed by atoms with Crippen molar-refractivity contribution < 1.29 is 0 Å². The minimum atomic E-state index is 0.671. The lowest BCUT2D eigenvalue weighted by Crippen LogP contribution is -2.32. The molecule has 0 atom stereocenters. The van der Waals surface area contributed by atoms with Crippen LogP contribution in [0, 0.1) is 6.92 Å². The van der Waals surface area contributed by atoms with Crippen molar-refractivity contribution >= 4 is 17.2 Å². The molecule has 2 aliphatic rings. The van der Waals surface area contributed by atoms with Gasteiger partial charge in [-0.3, -0.25) is 0 Å². The van der Waals surface area contributed by atoms with Gasteiger partial charge in [0.05, 0.1) is 11.9 Å². The SMILES string of the molecule is Cc1nc2c(N)cnn2c2c1CCN2C1CCCC1. The molecule has 0 aromatic carbocycles. The molecular formula is C14H19N5. The fraction of sp³-hybridized carbons (Fsp3) is 0.571. The molecule has 1 saturated carbocycles. The number of hydrogen-bond donors (Lipinski definition) is 1. The highest BCUT2D eigenvalue weighted by atomic mass is 15.4. The second-order valence-electron chi connectivity index (χ2n) is 5.72. The van der Waals surface area contributed by atoms with Crippen LogP contribution in [0.5, 0.6) is 0 Å². The van der Waals surface area contributed by atoms with E-state index in [9.17, 15) is 0 Å². The lowest BCUT2D eigenvalue weighted by atomic mass is 10.2. The zero-order chi connectivity index (χ0) is 13.0. The second-order valence-corrected chi connectivity index (χ2v) is 5.72. The molecule has 1 fully saturated rings. The highest BCUT2D eigenvalue weighted by molar-refractivity contribution is 5.70. The Hall–Kier alpha value is -1.78. The summed E-state index contributed by atoms with van der Waals surface area (Å²) in [6.07, 6.45) is 8.11. The Bertz CT molecular complexity index is 639. The third-order valence-electron chi connectivity index (χ3n) is 4.59. The van der Waals surface area contributed by atoms with Gasteiger partial charge in [0.1, 0.15) is 5.82 Å². The number of hydrogen-bond acceptors (Lipinski definition) is 4. The van der Waals surface area contributed by atoms with Crippen LogP contribution < -0.4 is 10.6 Å². The second kappa shape index (κ2) is 3.85. The average molecular weight is 257 g/mol. The molecule has 3 heterocycles. The molecule has 4 rings (SSSR count). The van der Waals surface area contributed by atoms with Crippen molar-refractivity contribution in [3.05, 3.63) is 17.5 Å². The number of nitrogens with zero attached hydrogens (tertiary/aromatic N) is 4. The third-order valence-corrected chi connectivity index (χ3v) is 4.59. The summed E-state index contributed by atoms with van der Waals surface area (Å²) in [5.41, 5.74) is 9.91. The monoisotopic (exact) mass is 257 g/mol. The standard InChI is InChI=1S/C14H19N5/c1-9-11-6-7-18(10-4-2-3-5-10)14(11)19-13(17-9)12(15)8-16-19/h8,10H,2-7,15H2,1H3. The Morgan fingerprint density at radius 3 is 2.89 bits per heavy atom. The summed E-state index contributed by atoms with van der Waals surface area (Å²) in [5.74, 6) is 1.24. The fourth-order valence-corrected chi connectivity index (χ4v) is 3.63. The molecule has 0 saturated heterocycles. The molecule has 1 aliphatic heterocycles. The van der Waals surface area contributed by atoms with E-state index in [1.165, 1.54) is 37.1 Å². The highest BCUT2D eigenvalue weighted by Gasteiger charge is 2.32. The zero-order valence-corrected chi connectivity index (χ0v) is 11.3. The molecule has 5 heteroatoms. The van der Waals surface area contributed by atoms with Crippen molar-refractivity contribution in [3.8, 4) is 0 Å². The van der Waals surface area contributed by atoms with Crippen LogP contribution in [-0.2, 0) is 6.42 Å². The van der Waals surface area contributed by atoms with Crippen LogP contribution in [0.4, 0.5) is 11.5 Å². The molecule has 5 nitrogen and oxygen atoms in total. The van der Waals surface area contributed by atoms with Gasteiger partial charge in [-0.15, -0.1) is 0 Å². The van der Waals surface area contributed by atoms with E-state index in [2.05, 4.69) is 21.9 Å². The van der Waals surface area contributed by atoms with Gasteiger partial charge in [-0.1, -0.05) is 12.8 Å². The zero-order valence-electron chi connectivity index (χ0n) is 11.3. The molecule has 19 heavy (non-hydrogen) atoms. The molecule has 2 N–H and O–H groups in total. The van der Waals surface area contributed by atoms with Gasteiger partial charge in [0.2, 0.25) is 0 Å². The average Bonchev–Trinajstić information content (AvgIpc) is 3.08. The number of anilines is 2. The first-order chi connectivity index (χ1) is 9.25. The molecular weight excluding hydrogens is 238 g/mol. The van der Waals surface area contributed by atoms with E-state index < -0.39 is 0 Å². The van der Waals surface area contributed by atoms with Crippen molar-refractivity contribution in [1.29, 1.82) is 0 Å². The maximum absolute atomic E-state index is 5.97. The summed E-state index contributed by atoms with van der Waals surface area (Å²) in [5, 5.41) is 4.44. The van der Waals surface area contributed by atoms with Crippen LogP contribution in [0.3, 0.4) is 0 Å². The van der Waals surface area contributed by atoms with Crippen LogP contribution >= 0.6 is 0 Å². The summed E-state index contributed by atoms with van der Waals surface area (Å²) >= 11 is 0. The van der Waals surface area contributed by atoms with Gasteiger partial charge in [-0.25, -0.2) is 4.98 Å². The van der Waals surface area contributed by atoms with Gasteiger partial charge in [0.25, 0.3) is 0 Å². The maximum Gasteiger partial charge on any atom is 0.180 e. The molecule has 0 bridgehead atoms. The minimum Gasteiger partial charge on any atom is -0.394 e. The van der Waals surface area contributed by atoms with Crippen molar-refractivity contribution in [2.75, 3.05) is 17.2 Å². The fourth-order valence-electron chi connectivity index (χ4n) is 3.63. The number of fused-ring (bicyclic) bond motifs is 3. The summed E-state index contributed by atoms with van der Waals surface area (Å²) < 4.78 is 1.95. The summed E-state index contributed by atoms with van der Waals surface area (Å²) in [6, 6.07) is 0.677. The van der Waals surface area contributed by atoms with Crippen LogP contribution in [0.25, 0.3) is 5.65 Å². The van der Waals surface area contributed by atoms with Crippen molar-refractivity contribution in [1.82, 2.24) is 14.6 Å². The first-order valence-electron chi connectivity index (χ1n) is 7.15. The van der Waals surface area contributed by atoms with Gasteiger partial charge in [-0.05, 0) is 26.2 Å². The van der Waals surface area contributed by atoms with Crippen LogP contribution in [0.2, 0.25) is 0 Å². The predicted octanol–water partition coefficient (Wildman–Crippen LogP) is 1.93. The van der Waals surface area contributed by atoms with E-state index >= 15 is 0 Å². The molecule has 0 amide bonds. The van der Waals surface area contributed by atoms with Crippen molar-refractivity contribution in [2.24, 2.45) is 0 Å². The smallest absolute Gasteiger partial charge is 0.180 e. The molecule has 0 unspecified atom stereocenters. The van der Waals surface area contributed by atoms with Gasteiger partial charge in [0, 0.05) is 23.8 Å². The van der Waals surface area contributed by atoms with E-state index in [0.717, 1.165) is 24.3 Å². The Balaban J connectivity index is 1.92. The molecule has 0 spiro atoms. The Labute approximate surface area is 112 Å². The van der Waals surface area contributed by atoms with E-state index in [4.69, 9.17) is 5.73 Å². The molecule has 1 aliphatic carbocycles. The number of rotatable bonds is 1. The van der Waals surface area contributed by atoms with E-state index in [1.54, 1.807) is 6.20 Å². The van der Waals surface area contributed by atoms with Crippen LogP contribution in [0.15, 0.2) is 6.20 Å². The maximum atomic E-state index is 5.97. The normalized spacial score (nSPS) is 19.5. The number of nitrogen functional groups attached to an aromatic ring is 1. The van der Waals surface area contributed by atoms with Gasteiger partial charge in [-0.2, -0.15) is 9.61 Å². The van der Waals surface area contributed by atoms with Gasteiger partial charge >= 0.3 is 0 Å². The van der Waals surface area contributed by atoms with Crippen molar-refractivity contribution in [3.63, 3.8) is 0 Å². The summed E-state index contributed by atoms with van der Waals surface area (Å²) in [6.45, 7) is 3.19. The molecule has 100 valence electrons. The van der Waals surface area contributed by atoms with Gasteiger partial charge in [0.15, 0.2) is 5.65 Å². The lowest BCUT2D eigenvalue weighted by Gasteiger charge is -2.26. The van der Waals surface area contributed by atoms with Crippen molar-refractivity contribution in [2.45, 2.75) is 45.1 Å². The van der Waals surface area contributed by atoms with E-state index in [-0.39, 0.29) is 0 Å². The van der Waals surface area contributed by atoms with Crippen LogP contribution in [-0.4, -0.2) is 27.2 Å². The number of aryl methyl sites for hydroxylation is 1. The quantitative estimate of drug-likeness (QED) is 0.848. The Kier molecular flexibility index (Phi) is 2.25. The van der Waals surface area contributed by atoms with Gasteiger partial charge < -0.3 is 10.6 Å². The molecule has 2 aromatic rings. The largest absolute Gasteiger partial charge is 0.394 e. The minimum absolute atomic E-state index is 0.671. The topological polar surface area (TPSA) is 59.4 Å². The first-order valence-corrected chi connectivity index (χ1v) is 7.15. The number of aromatic nitrogens is 3. The van der Waals surface area contributed by atoms with Crippen LogP contribution in [0.1, 0.15) is 36.9 Å². The third kappa shape index (κ3) is 1.47. The molecule has 0 radical (unpaired) electrons. The Morgan fingerprint density at radius 1 is 1.32 bits per heavy atom. The summed E-state index contributed by atoms with van der Waals surface area (Å²) in [7, 11) is 0. The molecule has 2 aromatic heterocycles. The lowest BCUT2D eigenvalue weighted by molar-refractivity contribution is 0.614. The predicted molar refractivity (Wildman–Crippen MR) is 75.4 cm³/mol. The van der Waals surface area contributed by atoms with E-state index in [1.807, 2.05) is 4.52 Å². The highest BCUT2D eigenvalue weighted by Crippen LogP contribution is 2.36.